The van der Waals surface area contributed by atoms with Gasteiger partial charge in [0.25, 0.3) is 0 Å². The molecule has 0 spiro atoms. The predicted molar refractivity (Wildman–Crippen MR) is 75.8 cm³/mol. The van der Waals surface area contributed by atoms with Crippen LogP contribution in [0.1, 0.15) is 28.3 Å². The zero-order valence-electron chi connectivity index (χ0n) is 9.84. The summed E-state index contributed by atoms with van der Waals surface area (Å²) < 4.78 is 1.08. The molecule has 0 N–H and O–H groups in total. The lowest BCUT2D eigenvalue weighted by Gasteiger charge is -2.01. The van der Waals surface area contributed by atoms with E-state index in [1.807, 2.05) is 42.5 Å². The van der Waals surface area contributed by atoms with Crippen LogP contribution < -0.4 is 0 Å². The predicted octanol–water partition coefficient (Wildman–Crippen LogP) is 4.44. The van der Waals surface area contributed by atoms with Crippen molar-refractivity contribution in [3.8, 4) is 0 Å². The molecule has 3 rings (SSSR count). The molecule has 1 saturated carbocycles. The molecule has 2 unspecified atom stereocenters. The second-order valence-corrected chi connectivity index (χ2v) is 5.65. The lowest BCUT2D eigenvalue weighted by Crippen LogP contribution is -2.02. The minimum Gasteiger partial charge on any atom is -0.294 e. The van der Waals surface area contributed by atoms with Gasteiger partial charge in [0.05, 0.1) is 0 Å². The highest BCUT2D eigenvalue weighted by Crippen LogP contribution is 2.49. The Balaban J connectivity index is 1.75. The lowest BCUT2D eigenvalue weighted by molar-refractivity contribution is 0.0965. The van der Waals surface area contributed by atoms with Crippen LogP contribution in [0.15, 0.2) is 59.1 Å². The number of Topliss-reactive ketones (excluding diaryl/α,β-unsaturated/α-hetero) is 1. The van der Waals surface area contributed by atoms with E-state index < -0.39 is 0 Å². The van der Waals surface area contributed by atoms with Gasteiger partial charge in [-0.1, -0.05) is 58.4 Å². The largest absolute Gasteiger partial charge is 0.294 e. The Kier molecular flexibility index (Phi) is 3.04. The highest BCUT2D eigenvalue weighted by atomic mass is 79.9. The van der Waals surface area contributed by atoms with E-state index in [1.54, 1.807) is 0 Å². The molecule has 2 aromatic rings. The van der Waals surface area contributed by atoms with Crippen molar-refractivity contribution in [3.63, 3.8) is 0 Å². The smallest absolute Gasteiger partial charge is 0.166 e. The first-order valence-corrected chi connectivity index (χ1v) is 6.90. The SMILES string of the molecule is O=C(c1ccccc1)C1CC1c1ccc(Br)cc1. The van der Waals surface area contributed by atoms with Crippen LogP contribution in [0.25, 0.3) is 0 Å². The fraction of sp³-hybridized carbons (Fsp3) is 0.188. The summed E-state index contributed by atoms with van der Waals surface area (Å²) in [4.78, 5) is 12.2. The minimum atomic E-state index is 0.175. The Morgan fingerprint density at radius 1 is 1.00 bits per heavy atom. The van der Waals surface area contributed by atoms with Crippen molar-refractivity contribution in [2.45, 2.75) is 12.3 Å². The maximum atomic E-state index is 12.2. The summed E-state index contributed by atoms with van der Waals surface area (Å²) in [6, 6.07) is 17.9. The quantitative estimate of drug-likeness (QED) is 0.766. The van der Waals surface area contributed by atoms with E-state index in [-0.39, 0.29) is 11.7 Å². The van der Waals surface area contributed by atoms with Crippen LogP contribution in [0, 0.1) is 5.92 Å². The molecular weight excluding hydrogens is 288 g/mol. The van der Waals surface area contributed by atoms with Crippen LogP contribution >= 0.6 is 15.9 Å². The van der Waals surface area contributed by atoms with Gasteiger partial charge in [-0.25, -0.2) is 0 Å². The topological polar surface area (TPSA) is 17.1 Å². The van der Waals surface area contributed by atoms with Gasteiger partial charge in [0.1, 0.15) is 0 Å². The summed E-state index contributed by atoms with van der Waals surface area (Å²) in [6.45, 7) is 0. The van der Waals surface area contributed by atoms with Crippen molar-refractivity contribution >= 4 is 21.7 Å². The minimum absolute atomic E-state index is 0.175. The first kappa shape index (κ1) is 11.7. The number of benzene rings is 2. The van der Waals surface area contributed by atoms with Gasteiger partial charge in [0, 0.05) is 16.0 Å². The molecule has 1 aliphatic carbocycles. The van der Waals surface area contributed by atoms with Crippen LogP contribution in [0.5, 0.6) is 0 Å². The average Bonchev–Trinajstić information content (AvgIpc) is 3.20. The summed E-state index contributed by atoms with van der Waals surface area (Å²) in [7, 11) is 0. The van der Waals surface area contributed by atoms with Gasteiger partial charge in [0.15, 0.2) is 5.78 Å². The van der Waals surface area contributed by atoms with E-state index in [4.69, 9.17) is 0 Å². The zero-order valence-corrected chi connectivity index (χ0v) is 11.4. The fourth-order valence-electron chi connectivity index (χ4n) is 2.38. The first-order chi connectivity index (χ1) is 8.75. The van der Waals surface area contributed by atoms with Crippen LogP contribution in [-0.2, 0) is 0 Å². The Bertz CT molecular complexity index is 559. The van der Waals surface area contributed by atoms with Crippen LogP contribution in [-0.4, -0.2) is 5.78 Å². The average molecular weight is 301 g/mol. The standard InChI is InChI=1S/C16H13BrO/c17-13-8-6-11(7-9-13)14-10-15(14)16(18)12-4-2-1-3-5-12/h1-9,14-15H,10H2. The molecule has 0 bridgehead atoms. The molecule has 2 atom stereocenters. The Labute approximate surface area is 115 Å². The van der Waals surface area contributed by atoms with Crippen molar-refractivity contribution < 1.29 is 4.79 Å². The molecule has 2 heteroatoms. The molecule has 0 aromatic heterocycles. The molecule has 90 valence electrons. The number of rotatable bonds is 3. The molecule has 1 aliphatic rings. The molecule has 0 aliphatic heterocycles. The number of ketones is 1. The third-order valence-corrected chi connectivity index (χ3v) is 4.01. The number of halogens is 1. The van der Waals surface area contributed by atoms with Crippen molar-refractivity contribution in [2.75, 3.05) is 0 Å². The molecule has 1 fully saturated rings. The molecule has 1 nitrogen and oxygen atoms in total. The molecule has 0 saturated heterocycles. The Hall–Kier alpha value is -1.41. The maximum absolute atomic E-state index is 12.2. The van der Waals surface area contributed by atoms with Crippen molar-refractivity contribution in [3.05, 3.63) is 70.2 Å². The number of carbonyl (C=O) groups excluding carboxylic acids is 1. The highest BCUT2D eigenvalue weighted by molar-refractivity contribution is 9.10. The van der Waals surface area contributed by atoms with Gasteiger partial charge in [-0.15, -0.1) is 0 Å². The molecule has 2 aromatic carbocycles. The zero-order chi connectivity index (χ0) is 12.5. The van der Waals surface area contributed by atoms with Gasteiger partial charge in [-0.2, -0.15) is 0 Å². The monoisotopic (exact) mass is 300 g/mol. The van der Waals surface area contributed by atoms with Gasteiger partial charge in [0.2, 0.25) is 0 Å². The summed E-state index contributed by atoms with van der Waals surface area (Å²) in [5.74, 6) is 0.864. The highest BCUT2D eigenvalue weighted by Gasteiger charge is 2.43. The van der Waals surface area contributed by atoms with E-state index in [2.05, 4.69) is 28.1 Å². The van der Waals surface area contributed by atoms with Gasteiger partial charge >= 0.3 is 0 Å². The summed E-state index contributed by atoms with van der Waals surface area (Å²) in [5, 5.41) is 0. The molecule has 18 heavy (non-hydrogen) atoms. The lowest BCUT2D eigenvalue weighted by atomic mass is 10.0. The third-order valence-electron chi connectivity index (χ3n) is 3.48. The van der Waals surface area contributed by atoms with E-state index >= 15 is 0 Å². The van der Waals surface area contributed by atoms with Crippen LogP contribution in [0.2, 0.25) is 0 Å². The van der Waals surface area contributed by atoms with E-state index in [0.717, 1.165) is 16.5 Å². The second kappa shape index (κ2) is 4.69. The van der Waals surface area contributed by atoms with E-state index in [0.29, 0.717) is 5.92 Å². The molecule has 0 heterocycles. The Morgan fingerprint density at radius 3 is 2.33 bits per heavy atom. The van der Waals surface area contributed by atoms with Gasteiger partial charge in [-0.3, -0.25) is 4.79 Å². The maximum Gasteiger partial charge on any atom is 0.166 e. The van der Waals surface area contributed by atoms with E-state index in [9.17, 15) is 4.79 Å². The molecule has 0 radical (unpaired) electrons. The van der Waals surface area contributed by atoms with E-state index in [1.165, 1.54) is 5.56 Å². The van der Waals surface area contributed by atoms with Crippen molar-refractivity contribution in [2.24, 2.45) is 5.92 Å². The van der Waals surface area contributed by atoms with Crippen molar-refractivity contribution in [1.29, 1.82) is 0 Å². The van der Waals surface area contributed by atoms with Crippen LogP contribution in [0.3, 0.4) is 0 Å². The van der Waals surface area contributed by atoms with Crippen molar-refractivity contribution in [1.82, 2.24) is 0 Å². The van der Waals surface area contributed by atoms with Gasteiger partial charge < -0.3 is 0 Å². The number of hydrogen-bond acceptors (Lipinski definition) is 1. The Morgan fingerprint density at radius 2 is 1.67 bits per heavy atom. The first-order valence-electron chi connectivity index (χ1n) is 6.10. The van der Waals surface area contributed by atoms with Crippen LogP contribution in [0.4, 0.5) is 0 Å². The molecule has 0 amide bonds. The number of carbonyl (C=O) groups is 1. The summed E-state index contributed by atoms with van der Waals surface area (Å²) in [6.07, 6.45) is 0.982. The normalized spacial score (nSPS) is 21.6. The van der Waals surface area contributed by atoms with Gasteiger partial charge in [-0.05, 0) is 30.0 Å². The second-order valence-electron chi connectivity index (χ2n) is 4.73. The summed E-state index contributed by atoms with van der Waals surface area (Å²) in [5.41, 5.74) is 2.11. The third kappa shape index (κ3) is 2.25. The summed E-state index contributed by atoms with van der Waals surface area (Å²) >= 11 is 3.43. The number of hydrogen-bond donors (Lipinski definition) is 0. The fourth-order valence-corrected chi connectivity index (χ4v) is 2.64. The molecular formula is C16H13BrO.